The fourth-order valence-corrected chi connectivity index (χ4v) is 3.48. The van der Waals surface area contributed by atoms with Crippen LogP contribution in [0.1, 0.15) is 101 Å². The minimum absolute atomic E-state index is 0. The molecular weight excluding hydrogens is 317 g/mol. The standard InChI is InChI=1S/C19H36O4.Mg.2H/c1-4-7-9-10-11-13-15-19(17(20)21,18(22)23)16(6-3)14-12-8-5-2;;;/h16H,4-15H2,1-3H3,(H,20,21)(H,22,23);;;/q;+2;2*-1. The molecule has 0 spiro atoms. The monoisotopic (exact) mass is 354 g/mol. The topological polar surface area (TPSA) is 74.6 Å². The summed E-state index contributed by atoms with van der Waals surface area (Å²) in [6.45, 7) is 6.17. The van der Waals surface area contributed by atoms with Gasteiger partial charge in [0.2, 0.25) is 0 Å². The van der Waals surface area contributed by atoms with Crippen molar-refractivity contribution in [3.63, 3.8) is 0 Å². The second kappa shape index (κ2) is 15.0. The van der Waals surface area contributed by atoms with Crippen molar-refractivity contribution in [2.24, 2.45) is 11.3 Å². The van der Waals surface area contributed by atoms with E-state index in [2.05, 4.69) is 13.8 Å². The Labute approximate surface area is 166 Å². The van der Waals surface area contributed by atoms with E-state index < -0.39 is 17.4 Å². The van der Waals surface area contributed by atoms with Crippen molar-refractivity contribution in [1.82, 2.24) is 0 Å². The SMILES string of the molecule is CCCCCCCCC(C(=O)O)(C(=O)O)C(CC)CCCCC.[H-].[H-].[Mg+2]. The van der Waals surface area contributed by atoms with E-state index in [1.807, 2.05) is 6.92 Å². The molecule has 140 valence electrons. The predicted molar refractivity (Wildman–Crippen MR) is 102 cm³/mol. The van der Waals surface area contributed by atoms with Gasteiger partial charge in [0.25, 0.3) is 0 Å². The van der Waals surface area contributed by atoms with Crippen molar-refractivity contribution in [2.45, 2.75) is 97.8 Å². The molecule has 0 radical (unpaired) electrons. The molecule has 0 rings (SSSR count). The van der Waals surface area contributed by atoms with Crippen molar-refractivity contribution in [2.75, 3.05) is 0 Å². The molecule has 0 aromatic heterocycles. The van der Waals surface area contributed by atoms with Gasteiger partial charge in [0.05, 0.1) is 0 Å². The van der Waals surface area contributed by atoms with Crippen molar-refractivity contribution in [3.05, 3.63) is 0 Å². The van der Waals surface area contributed by atoms with Gasteiger partial charge in [-0.15, -0.1) is 0 Å². The van der Waals surface area contributed by atoms with Gasteiger partial charge in [0.1, 0.15) is 0 Å². The second-order valence-electron chi connectivity index (χ2n) is 6.70. The van der Waals surface area contributed by atoms with Gasteiger partial charge >= 0.3 is 35.0 Å². The Bertz CT molecular complexity index is 340. The second-order valence-corrected chi connectivity index (χ2v) is 6.70. The summed E-state index contributed by atoms with van der Waals surface area (Å²) in [5, 5.41) is 19.4. The van der Waals surface area contributed by atoms with E-state index in [1.54, 1.807) is 0 Å². The van der Waals surface area contributed by atoms with E-state index >= 15 is 0 Å². The Morgan fingerprint density at radius 2 is 1.29 bits per heavy atom. The smallest absolute Gasteiger partial charge is 1.00 e. The van der Waals surface area contributed by atoms with Crippen LogP contribution in [-0.2, 0) is 9.59 Å². The molecule has 0 saturated carbocycles. The molecule has 0 fully saturated rings. The van der Waals surface area contributed by atoms with Crippen LogP contribution in [0.4, 0.5) is 0 Å². The zero-order valence-corrected chi connectivity index (χ0v) is 17.4. The average molecular weight is 355 g/mol. The van der Waals surface area contributed by atoms with Crippen LogP contribution in [0.3, 0.4) is 0 Å². The van der Waals surface area contributed by atoms with Crippen LogP contribution in [0.5, 0.6) is 0 Å². The maximum Gasteiger partial charge on any atom is 2.00 e. The maximum atomic E-state index is 11.9. The van der Waals surface area contributed by atoms with Gasteiger partial charge in [-0.3, -0.25) is 9.59 Å². The third kappa shape index (κ3) is 8.19. The minimum atomic E-state index is -1.60. The summed E-state index contributed by atoms with van der Waals surface area (Å²) in [6.07, 6.45) is 10.7. The maximum absolute atomic E-state index is 11.9. The summed E-state index contributed by atoms with van der Waals surface area (Å²) in [5.41, 5.74) is -1.60. The summed E-state index contributed by atoms with van der Waals surface area (Å²) in [4.78, 5) is 23.8. The number of hydrogen-bond acceptors (Lipinski definition) is 2. The number of aliphatic carboxylic acids is 2. The number of carbonyl (C=O) groups is 2. The molecule has 0 aromatic carbocycles. The summed E-state index contributed by atoms with van der Waals surface area (Å²) in [5.74, 6) is -2.58. The molecule has 0 aliphatic carbocycles. The zero-order chi connectivity index (χ0) is 17.7. The van der Waals surface area contributed by atoms with Gasteiger partial charge in [0.15, 0.2) is 5.41 Å². The Morgan fingerprint density at radius 1 is 0.833 bits per heavy atom. The zero-order valence-electron chi connectivity index (χ0n) is 18.0. The quantitative estimate of drug-likeness (QED) is 0.236. The predicted octanol–water partition coefficient (Wildman–Crippen LogP) is 5.34. The molecule has 5 heteroatoms. The van der Waals surface area contributed by atoms with E-state index in [0.717, 1.165) is 38.5 Å². The molecule has 1 unspecified atom stereocenters. The molecule has 0 bridgehead atoms. The van der Waals surface area contributed by atoms with Gasteiger partial charge in [-0.05, 0) is 18.8 Å². The first-order valence-electron chi connectivity index (χ1n) is 9.44. The number of hydrogen-bond donors (Lipinski definition) is 2. The van der Waals surface area contributed by atoms with Gasteiger partial charge in [0, 0.05) is 0 Å². The first-order chi connectivity index (χ1) is 11.0. The first-order valence-corrected chi connectivity index (χ1v) is 9.44. The Hall–Kier alpha value is -0.294. The van der Waals surface area contributed by atoms with Crippen molar-refractivity contribution in [1.29, 1.82) is 0 Å². The van der Waals surface area contributed by atoms with Crippen LogP contribution in [0.15, 0.2) is 0 Å². The number of carboxylic acid groups (broad SMARTS) is 2. The molecule has 2 N–H and O–H groups in total. The Morgan fingerprint density at radius 3 is 1.75 bits per heavy atom. The van der Waals surface area contributed by atoms with Crippen LogP contribution < -0.4 is 0 Å². The van der Waals surface area contributed by atoms with Crippen LogP contribution >= 0.6 is 0 Å². The summed E-state index contributed by atoms with van der Waals surface area (Å²) < 4.78 is 0. The van der Waals surface area contributed by atoms with Crippen LogP contribution in [0.25, 0.3) is 0 Å². The molecule has 0 saturated heterocycles. The molecule has 0 aromatic rings. The van der Waals surface area contributed by atoms with Gasteiger partial charge in [-0.1, -0.05) is 85.0 Å². The van der Waals surface area contributed by atoms with Crippen LogP contribution in [0, 0.1) is 11.3 Å². The van der Waals surface area contributed by atoms with E-state index in [1.165, 1.54) is 12.8 Å². The molecule has 1 atom stereocenters. The van der Waals surface area contributed by atoms with E-state index in [0.29, 0.717) is 19.3 Å². The number of carboxylic acids is 2. The normalized spacial score (nSPS) is 12.5. The van der Waals surface area contributed by atoms with Gasteiger partial charge < -0.3 is 13.1 Å². The van der Waals surface area contributed by atoms with Crippen molar-refractivity contribution >= 4 is 35.0 Å². The molecule has 0 aliphatic rings. The Kier molecular flexibility index (Phi) is 16.2. The molecule has 0 heterocycles. The van der Waals surface area contributed by atoms with Gasteiger partial charge in [-0.25, -0.2) is 0 Å². The van der Waals surface area contributed by atoms with Crippen LogP contribution in [-0.4, -0.2) is 45.2 Å². The third-order valence-corrected chi connectivity index (χ3v) is 5.03. The van der Waals surface area contributed by atoms with Crippen molar-refractivity contribution < 1.29 is 22.7 Å². The number of rotatable bonds is 15. The van der Waals surface area contributed by atoms with E-state index in [-0.39, 0.29) is 38.2 Å². The fraction of sp³-hybridized carbons (Fsp3) is 0.895. The molecule has 24 heavy (non-hydrogen) atoms. The van der Waals surface area contributed by atoms with E-state index in [9.17, 15) is 19.8 Å². The molecule has 0 aliphatic heterocycles. The van der Waals surface area contributed by atoms with Gasteiger partial charge in [-0.2, -0.15) is 0 Å². The van der Waals surface area contributed by atoms with Crippen molar-refractivity contribution in [3.8, 4) is 0 Å². The summed E-state index contributed by atoms with van der Waals surface area (Å²) >= 11 is 0. The fourth-order valence-electron chi connectivity index (χ4n) is 3.48. The van der Waals surface area contributed by atoms with E-state index in [4.69, 9.17) is 0 Å². The largest absolute Gasteiger partial charge is 2.00 e. The molecule has 4 nitrogen and oxygen atoms in total. The molecule has 0 amide bonds. The van der Waals surface area contributed by atoms with Crippen LogP contribution in [0.2, 0.25) is 0 Å². The first kappa shape index (κ1) is 25.9. The average Bonchev–Trinajstić information content (AvgIpc) is 2.51. The summed E-state index contributed by atoms with van der Waals surface area (Å²) in [7, 11) is 0. The minimum Gasteiger partial charge on any atom is -1.00 e. The Balaban J connectivity index is -0.000000807. The summed E-state index contributed by atoms with van der Waals surface area (Å²) in [6, 6.07) is 0. The molecular formula is C19H38MgO4. The third-order valence-electron chi connectivity index (χ3n) is 5.03. The number of unbranched alkanes of at least 4 members (excludes halogenated alkanes) is 7.